The van der Waals surface area contributed by atoms with E-state index in [1.54, 1.807) is 0 Å². The summed E-state index contributed by atoms with van der Waals surface area (Å²) in [5, 5.41) is 9.42. The van der Waals surface area contributed by atoms with E-state index < -0.39 is 12.8 Å². The third-order valence-electron chi connectivity index (χ3n) is 0.393. The third-order valence-corrected chi connectivity index (χ3v) is 0.393. The summed E-state index contributed by atoms with van der Waals surface area (Å²) >= 11 is 0. The van der Waals surface area contributed by atoms with E-state index in [9.17, 15) is 14.7 Å². The summed E-state index contributed by atoms with van der Waals surface area (Å²) in [6.07, 6.45) is -1.67. The van der Waals surface area contributed by atoms with E-state index in [1.165, 1.54) is 6.92 Å². The fourth-order valence-electron chi connectivity index (χ4n) is 0.161. The van der Waals surface area contributed by atoms with Crippen molar-refractivity contribution in [1.29, 1.82) is 0 Å². The quantitative estimate of drug-likeness (QED) is 0.301. The average Bonchev–Trinajstić information content (AvgIpc) is 1.61. The van der Waals surface area contributed by atoms with Crippen LogP contribution in [0.4, 0.5) is 4.79 Å². The maximum absolute atomic E-state index is 9.93. The smallest absolute Gasteiger partial charge is 0.542 e. The molecule has 0 fully saturated rings. The number of hydrogen-bond donors (Lipinski definition) is 0. The second-order valence-corrected chi connectivity index (χ2v) is 1.24. The van der Waals surface area contributed by atoms with Gasteiger partial charge in [-0.3, -0.25) is 4.79 Å². The SMILES string of the molecule is CC(=O)COC(=O)[O-].[K+]. The van der Waals surface area contributed by atoms with Crippen LogP contribution < -0.4 is 56.5 Å². The Morgan fingerprint density at radius 1 is 1.56 bits per heavy atom. The van der Waals surface area contributed by atoms with Gasteiger partial charge in [0.15, 0.2) is 0 Å². The summed E-state index contributed by atoms with van der Waals surface area (Å²) in [5.74, 6) is -0.339. The molecule has 0 saturated heterocycles. The molecule has 5 heteroatoms. The maximum Gasteiger partial charge on any atom is 1.00 e. The first-order valence-corrected chi connectivity index (χ1v) is 1.96. The molecule has 0 bridgehead atoms. The maximum atomic E-state index is 9.93. The molecule has 0 saturated carbocycles. The van der Waals surface area contributed by atoms with Crippen LogP contribution in [0.15, 0.2) is 0 Å². The van der Waals surface area contributed by atoms with Crippen molar-refractivity contribution in [2.45, 2.75) is 6.92 Å². The van der Waals surface area contributed by atoms with Crippen molar-refractivity contribution in [3.8, 4) is 0 Å². The minimum atomic E-state index is -1.67. The van der Waals surface area contributed by atoms with Crippen LogP contribution in [0.25, 0.3) is 0 Å². The largest absolute Gasteiger partial charge is 1.00 e. The number of carboxylic acid groups (broad SMARTS) is 1. The molecule has 0 unspecified atom stereocenters. The molecule has 46 valence electrons. The van der Waals surface area contributed by atoms with Crippen LogP contribution >= 0.6 is 0 Å². The van der Waals surface area contributed by atoms with Gasteiger partial charge in [-0.05, 0) is 6.92 Å². The first-order valence-electron chi connectivity index (χ1n) is 1.96. The molecule has 0 aromatic carbocycles. The van der Waals surface area contributed by atoms with Gasteiger partial charge in [0.1, 0.15) is 5.78 Å². The zero-order valence-electron chi connectivity index (χ0n) is 5.34. The molecule has 4 nitrogen and oxygen atoms in total. The van der Waals surface area contributed by atoms with Crippen molar-refractivity contribution in [3.05, 3.63) is 0 Å². The van der Waals surface area contributed by atoms with Crippen molar-refractivity contribution in [1.82, 2.24) is 0 Å². The minimum absolute atomic E-state index is 0. The van der Waals surface area contributed by atoms with Crippen LogP contribution in [-0.2, 0) is 9.53 Å². The standard InChI is InChI=1S/C4H6O4.K/c1-3(5)2-8-4(6)7;/h2H2,1H3,(H,6,7);/q;+1/p-1. The summed E-state index contributed by atoms with van der Waals surface area (Å²) in [4.78, 5) is 19.4. The summed E-state index contributed by atoms with van der Waals surface area (Å²) in [7, 11) is 0. The number of rotatable bonds is 2. The molecule has 0 atom stereocenters. The van der Waals surface area contributed by atoms with Crippen LogP contribution in [0.2, 0.25) is 0 Å². The van der Waals surface area contributed by atoms with Crippen LogP contribution in [0, 0.1) is 0 Å². The van der Waals surface area contributed by atoms with E-state index >= 15 is 0 Å². The van der Waals surface area contributed by atoms with Gasteiger partial charge in [-0.2, -0.15) is 0 Å². The van der Waals surface area contributed by atoms with E-state index in [0.29, 0.717) is 0 Å². The number of carbonyl (C=O) groups excluding carboxylic acids is 2. The second-order valence-electron chi connectivity index (χ2n) is 1.24. The fourth-order valence-corrected chi connectivity index (χ4v) is 0.161. The first-order chi connectivity index (χ1) is 3.63. The van der Waals surface area contributed by atoms with Gasteiger partial charge in [-0.25, -0.2) is 0 Å². The molecular formula is C4H5KO4. The molecule has 0 spiro atoms. The van der Waals surface area contributed by atoms with Crippen LogP contribution in [0.1, 0.15) is 6.92 Å². The van der Waals surface area contributed by atoms with E-state index in [0.717, 1.165) is 0 Å². The van der Waals surface area contributed by atoms with Gasteiger partial charge in [-0.1, -0.05) is 0 Å². The van der Waals surface area contributed by atoms with E-state index in [2.05, 4.69) is 4.74 Å². The van der Waals surface area contributed by atoms with Crippen molar-refractivity contribution in [2.75, 3.05) is 6.61 Å². The van der Waals surface area contributed by atoms with Gasteiger partial charge in [0.25, 0.3) is 6.16 Å². The number of ketones is 1. The number of carbonyl (C=O) groups is 2. The van der Waals surface area contributed by atoms with Crippen LogP contribution in [0.3, 0.4) is 0 Å². The average molecular weight is 156 g/mol. The normalized spacial score (nSPS) is 7.22. The van der Waals surface area contributed by atoms with Gasteiger partial charge < -0.3 is 14.6 Å². The molecule has 0 aromatic rings. The summed E-state index contributed by atoms with van der Waals surface area (Å²) in [6, 6.07) is 0. The van der Waals surface area contributed by atoms with Gasteiger partial charge in [0.05, 0.1) is 6.61 Å². The van der Waals surface area contributed by atoms with Crippen molar-refractivity contribution in [3.63, 3.8) is 0 Å². The third kappa shape index (κ3) is 11.9. The van der Waals surface area contributed by atoms with Gasteiger partial charge >= 0.3 is 51.4 Å². The molecule has 0 aliphatic heterocycles. The van der Waals surface area contributed by atoms with Gasteiger partial charge in [0, 0.05) is 0 Å². The predicted molar refractivity (Wildman–Crippen MR) is 22.0 cm³/mol. The number of ether oxygens (including phenoxy) is 1. The Bertz CT molecular complexity index is 97.1. The Morgan fingerprint density at radius 3 is 2.11 bits per heavy atom. The molecule has 0 radical (unpaired) electrons. The van der Waals surface area contributed by atoms with Crippen molar-refractivity contribution >= 4 is 11.9 Å². The summed E-state index contributed by atoms with van der Waals surface area (Å²) in [6.45, 7) is 0.811. The first kappa shape index (κ1) is 12.3. The van der Waals surface area contributed by atoms with Crippen LogP contribution in [0.5, 0.6) is 0 Å². The topological polar surface area (TPSA) is 66.4 Å². The monoisotopic (exact) mass is 156 g/mol. The molecule has 0 N–H and O–H groups in total. The van der Waals surface area contributed by atoms with Crippen molar-refractivity contribution < 1.29 is 70.8 Å². The molecule has 0 rings (SSSR count). The van der Waals surface area contributed by atoms with Gasteiger partial charge in [0.2, 0.25) is 0 Å². The molecule has 0 aliphatic rings. The summed E-state index contributed by atoms with van der Waals surface area (Å²) < 4.78 is 3.76. The Balaban J connectivity index is 0. The fraction of sp³-hybridized carbons (Fsp3) is 0.500. The Morgan fingerprint density at radius 2 is 2.00 bits per heavy atom. The molecular weight excluding hydrogens is 151 g/mol. The Kier molecular flexibility index (Phi) is 9.13. The van der Waals surface area contributed by atoms with Crippen molar-refractivity contribution in [2.24, 2.45) is 0 Å². The predicted octanol–water partition coefficient (Wildman–Crippen LogP) is -4.06. The Hall–Kier alpha value is 0.576. The molecule has 9 heavy (non-hydrogen) atoms. The van der Waals surface area contributed by atoms with Gasteiger partial charge in [-0.15, -0.1) is 0 Å². The van der Waals surface area contributed by atoms with E-state index in [4.69, 9.17) is 0 Å². The summed E-state index contributed by atoms with van der Waals surface area (Å²) in [5.41, 5.74) is 0. The molecule has 0 aromatic heterocycles. The second kappa shape index (κ2) is 6.69. The van der Waals surface area contributed by atoms with E-state index in [-0.39, 0.29) is 57.2 Å². The molecule has 0 amide bonds. The number of hydrogen-bond acceptors (Lipinski definition) is 4. The molecule has 0 heterocycles. The molecule has 0 aliphatic carbocycles. The zero-order chi connectivity index (χ0) is 6.57. The van der Waals surface area contributed by atoms with E-state index in [1.807, 2.05) is 0 Å². The zero-order valence-corrected chi connectivity index (χ0v) is 8.46. The number of Topliss-reactive ketones (excluding diaryl/α,β-unsaturated/α-hetero) is 1. The van der Waals surface area contributed by atoms with Crippen LogP contribution in [-0.4, -0.2) is 18.5 Å². The Labute approximate surface area is 95.0 Å². The minimum Gasteiger partial charge on any atom is -0.542 e.